The van der Waals surface area contributed by atoms with E-state index < -0.39 is 0 Å². The number of ether oxygens (including phenoxy) is 1. The molecule has 1 aromatic carbocycles. The lowest BCUT2D eigenvalue weighted by molar-refractivity contribution is 0.414. The second-order valence-corrected chi connectivity index (χ2v) is 5.47. The zero-order valence-electron chi connectivity index (χ0n) is 9.24. The lowest BCUT2D eigenvalue weighted by Crippen LogP contribution is -1.92. The lowest BCUT2D eigenvalue weighted by Gasteiger charge is -2.10. The van der Waals surface area contributed by atoms with Crippen LogP contribution in [-0.4, -0.2) is 7.11 Å². The average Bonchev–Trinajstić information content (AvgIpc) is 2.75. The quantitative estimate of drug-likeness (QED) is 0.755. The first-order valence-corrected chi connectivity index (χ1v) is 6.84. The Morgan fingerprint density at radius 2 is 1.88 bits per heavy atom. The Hall–Kier alpha value is -0.800. The first kappa shape index (κ1) is 11.7. The second-order valence-electron chi connectivity index (χ2n) is 3.60. The molecule has 1 nitrogen and oxygen atoms in total. The van der Waals surface area contributed by atoms with Gasteiger partial charge in [-0.1, -0.05) is 28.1 Å². The molecule has 0 amide bonds. The van der Waals surface area contributed by atoms with E-state index in [-0.39, 0.29) is 4.83 Å². The maximum absolute atomic E-state index is 5.15. The van der Waals surface area contributed by atoms with Gasteiger partial charge in [-0.15, -0.1) is 11.3 Å². The van der Waals surface area contributed by atoms with Crippen LogP contribution in [0.2, 0.25) is 0 Å². The molecular formula is C13H13BrOS. The third kappa shape index (κ3) is 2.30. The number of halogens is 1. The Kier molecular flexibility index (Phi) is 3.66. The molecule has 1 heterocycles. The van der Waals surface area contributed by atoms with Crippen LogP contribution in [-0.2, 0) is 0 Å². The zero-order valence-corrected chi connectivity index (χ0v) is 11.6. The van der Waals surface area contributed by atoms with Crippen molar-refractivity contribution in [3.05, 3.63) is 51.7 Å². The Bertz CT molecular complexity index is 461. The standard InChI is InChI=1S/C13H13BrOS/c1-9-7-8-16-13(9)12(14)10-3-5-11(15-2)6-4-10/h3-8,12H,1-2H3. The Morgan fingerprint density at radius 1 is 1.19 bits per heavy atom. The first-order chi connectivity index (χ1) is 7.72. The van der Waals surface area contributed by atoms with Crippen LogP contribution >= 0.6 is 27.3 Å². The van der Waals surface area contributed by atoms with Crippen LogP contribution in [0.3, 0.4) is 0 Å². The molecule has 0 aliphatic carbocycles. The van der Waals surface area contributed by atoms with Gasteiger partial charge in [-0.2, -0.15) is 0 Å². The minimum atomic E-state index is 0.276. The molecule has 0 fully saturated rings. The summed E-state index contributed by atoms with van der Waals surface area (Å²) in [7, 11) is 1.68. The Labute approximate surface area is 108 Å². The molecule has 3 heteroatoms. The third-order valence-electron chi connectivity index (χ3n) is 2.54. The molecule has 0 saturated heterocycles. The third-order valence-corrected chi connectivity index (χ3v) is 4.91. The summed E-state index contributed by atoms with van der Waals surface area (Å²) in [5, 5.41) is 2.13. The minimum Gasteiger partial charge on any atom is -0.497 e. The van der Waals surface area contributed by atoms with Crippen LogP contribution in [0.1, 0.15) is 20.8 Å². The molecule has 1 aromatic heterocycles. The molecule has 0 N–H and O–H groups in total. The fourth-order valence-corrected chi connectivity index (χ4v) is 3.49. The van der Waals surface area contributed by atoms with E-state index >= 15 is 0 Å². The molecule has 0 aliphatic heterocycles. The highest BCUT2D eigenvalue weighted by molar-refractivity contribution is 9.09. The van der Waals surface area contributed by atoms with Gasteiger partial charge in [-0.05, 0) is 41.6 Å². The van der Waals surface area contributed by atoms with Crippen LogP contribution in [0.4, 0.5) is 0 Å². The fraction of sp³-hybridized carbons (Fsp3) is 0.231. The normalized spacial score (nSPS) is 12.4. The summed E-state index contributed by atoms with van der Waals surface area (Å²) in [5.74, 6) is 0.895. The summed E-state index contributed by atoms with van der Waals surface area (Å²) in [6.45, 7) is 2.14. The van der Waals surface area contributed by atoms with Gasteiger partial charge in [0.25, 0.3) is 0 Å². The predicted molar refractivity (Wildman–Crippen MR) is 72.8 cm³/mol. The highest BCUT2D eigenvalue weighted by Gasteiger charge is 2.13. The van der Waals surface area contributed by atoms with Crippen molar-refractivity contribution in [1.29, 1.82) is 0 Å². The highest BCUT2D eigenvalue weighted by Crippen LogP contribution is 2.36. The largest absolute Gasteiger partial charge is 0.497 e. The van der Waals surface area contributed by atoms with E-state index in [4.69, 9.17) is 4.74 Å². The van der Waals surface area contributed by atoms with E-state index in [1.54, 1.807) is 18.4 Å². The summed E-state index contributed by atoms with van der Waals surface area (Å²) in [4.78, 5) is 1.64. The minimum absolute atomic E-state index is 0.276. The first-order valence-electron chi connectivity index (χ1n) is 5.04. The molecule has 0 spiro atoms. The molecule has 2 rings (SSSR count). The molecule has 0 aliphatic rings. The van der Waals surface area contributed by atoms with E-state index in [0.717, 1.165) is 5.75 Å². The van der Waals surface area contributed by atoms with E-state index in [2.05, 4.69) is 46.4 Å². The zero-order chi connectivity index (χ0) is 11.5. The van der Waals surface area contributed by atoms with Crippen LogP contribution < -0.4 is 4.74 Å². The van der Waals surface area contributed by atoms with Gasteiger partial charge in [0.1, 0.15) is 5.75 Å². The van der Waals surface area contributed by atoms with Gasteiger partial charge in [0.15, 0.2) is 0 Å². The number of hydrogen-bond acceptors (Lipinski definition) is 2. The second kappa shape index (κ2) is 5.02. The lowest BCUT2D eigenvalue weighted by atomic mass is 10.1. The summed E-state index contributed by atoms with van der Waals surface area (Å²) in [6, 6.07) is 10.3. The van der Waals surface area contributed by atoms with Gasteiger partial charge in [-0.3, -0.25) is 0 Å². The van der Waals surface area contributed by atoms with Crippen LogP contribution in [0.5, 0.6) is 5.75 Å². The predicted octanol–water partition coefficient (Wildman–Crippen LogP) is 4.55. The smallest absolute Gasteiger partial charge is 0.118 e. The molecule has 0 bridgehead atoms. The van der Waals surface area contributed by atoms with Crippen molar-refractivity contribution in [2.75, 3.05) is 7.11 Å². The van der Waals surface area contributed by atoms with Crippen molar-refractivity contribution < 1.29 is 4.74 Å². The van der Waals surface area contributed by atoms with Crippen molar-refractivity contribution in [2.45, 2.75) is 11.8 Å². The van der Waals surface area contributed by atoms with Crippen LogP contribution in [0, 0.1) is 6.92 Å². The van der Waals surface area contributed by atoms with Crippen molar-refractivity contribution in [3.8, 4) is 5.75 Å². The maximum Gasteiger partial charge on any atom is 0.118 e. The highest BCUT2D eigenvalue weighted by atomic mass is 79.9. The Balaban J connectivity index is 2.27. The maximum atomic E-state index is 5.15. The van der Waals surface area contributed by atoms with E-state index in [1.807, 2.05) is 12.1 Å². The van der Waals surface area contributed by atoms with Crippen molar-refractivity contribution in [1.82, 2.24) is 0 Å². The number of rotatable bonds is 3. The molecule has 2 aromatic rings. The van der Waals surface area contributed by atoms with Crippen molar-refractivity contribution in [2.24, 2.45) is 0 Å². The fourth-order valence-electron chi connectivity index (χ4n) is 1.57. The van der Waals surface area contributed by atoms with Gasteiger partial charge in [0, 0.05) is 4.88 Å². The van der Waals surface area contributed by atoms with E-state index in [1.165, 1.54) is 16.0 Å². The SMILES string of the molecule is COc1ccc(C(Br)c2sccc2C)cc1. The van der Waals surface area contributed by atoms with Crippen molar-refractivity contribution in [3.63, 3.8) is 0 Å². The van der Waals surface area contributed by atoms with Gasteiger partial charge < -0.3 is 4.74 Å². The Morgan fingerprint density at radius 3 is 2.38 bits per heavy atom. The molecule has 16 heavy (non-hydrogen) atoms. The number of methoxy groups -OCH3 is 1. The molecule has 1 atom stereocenters. The topological polar surface area (TPSA) is 9.23 Å². The van der Waals surface area contributed by atoms with Gasteiger partial charge in [0.2, 0.25) is 0 Å². The number of hydrogen-bond donors (Lipinski definition) is 0. The summed E-state index contributed by atoms with van der Waals surface area (Å²) >= 11 is 5.52. The molecule has 0 saturated carbocycles. The van der Waals surface area contributed by atoms with Gasteiger partial charge in [-0.25, -0.2) is 0 Å². The average molecular weight is 297 g/mol. The molecule has 1 unspecified atom stereocenters. The number of aryl methyl sites for hydroxylation is 1. The summed E-state index contributed by atoms with van der Waals surface area (Å²) < 4.78 is 5.15. The van der Waals surface area contributed by atoms with Gasteiger partial charge >= 0.3 is 0 Å². The van der Waals surface area contributed by atoms with Crippen molar-refractivity contribution >= 4 is 27.3 Å². The van der Waals surface area contributed by atoms with E-state index in [0.29, 0.717) is 0 Å². The number of alkyl halides is 1. The van der Waals surface area contributed by atoms with Gasteiger partial charge in [0.05, 0.1) is 11.9 Å². The molecular weight excluding hydrogens is 284 g/mol. The molecule has 0 radical (unpaired) electrons. The van der Waals surface area contributed by atoms with E-state index in [9.17, 15) is 0 Å². The van der Waals surface area contributed by atoms with Crippen LogP contribution in [0.15, 0.2) is 35.7 Å². The summed E-state index contributed by atoms with van der Waals surface area (Å²) in [6.07, 6.45) is 0. The van der Waals surface area contributed by atoms with Crippen LogP contribution in [0.25, 0.3) is 0 Å². The summed E-state index contributed by atoms with van der Waals surface area (Å²) in [5.41, 5.74) is 2.59. The monoisotopic (exact) mass is 296 g/mol. The molecule has 84 valence electrons. The number of thiophene rings is 1. The number of benzene rings is 1.